The molecule has 2 aromatic rings. The van der Waals surface area contributed by atoms with Crippen LogP contribution < -0.4 is 10.5 Å². The van der Waals surface area contributed by atoms with Crippen molar-refractivity contribution in [3.63, 3.8) is 0 Å². The molecule has 2 N–H and O–H groups in total. The highest BCUT2D eigenvalue weighted by Gasteiger charge is 2.16. The summed E-state index contributed by atoms with van der Waals surface area (Å²) in [4.78, 5) is 0. The molecule has 0 spiro atoms. The van der Waals surface area contributed by atoms with Crippen LogP contribution in [-0.2, 0) is 0 Å². The zero-order valence-electron chi connectivity index (χ0n) is 10.8. The van der Waals surface area contributed by atoms with Crippen molar-refractivity contribution in [2.24, 2.45) is 5.73 Å². The molecule has 0 heterocycles. The van der Waals surface area contributed by atoms with E-state index < -0.39 is 17.7 Å². The average molecular weight is 263 g/mol. The van der Waals surface area contributed by atoms with Gasteiger partial charge in [-0.2, -0.15) is 0 Å². The Morgan fingerprint density at radius 1 is 1.05 bits per heavy atom. The summed E-state index contributed by atoms with van der Waals surface area (Å²) in [6, 6.07) is 8.55. The van der Waals surface area contributed by atoms with Crippen LogP contribution in [0.5, 0.6) is 5.75 Å². The number of benzene rings is 2. The largest absolute Gasteiger partial charge is 0.497 e. The first-order chi connectivity index (χ1) is 9.02. The van der Waals surface area contributed by atoms with Gasteiger partial charge in [0.25, 0.3) is 0 Å². The van der Waals surface area contributed by atoms with E-state index in [4.69, 9.17) is 10.5 Å². The maximum atomic E-state index is 13.8. The quantitative estimate of drug-likeness (QED) is 0.921. The molecule has 1 atom stereocenters. The lowest BCUT2D eigenvalue weighted by Crippen LogP contribution is -2.14. The van der Waals surface area contributed by atoms with Crippen molar-refractivity contribution in [2.45, 2.75) is 13.0 Å². The molecule has 19 heavy (non-hydrogen) atoms. The predicted octanol–water partition coefficient (Wildman–Crippen LogP) is 3.33. The van der Waals surface area contributed by atoms with Crippen LogP contribution >= 0.6 is 0 Å². The van der Waals surface area contributed by atoms with Crippen molar-refractivity contribution in [2.75, 3.05) is 7.11 Å². The molecule has 0 bridgehead atoms. The van der Waals surface area contributed by atoms with Gasteiger partial charge in [-0.15, -0.1) is 0 Å². The first-order valence-electron chi connectivity index (χ1n) is 5.88. The monoisotopic (exact) mass is 263 g/mol. The van der Waals surface area contributed by atoms with Crippen LogP contribution in [0.1, 0.15) is 22.7 Å². The SMILES string of the molecule is COc1ccc(C(N)c2cc(F)c(C)cc2F)cc1. The van der Waals surface area contributed by atoms with Crippen LogP contribution in [0.2, 0.25) is 0 Å². The molecule has 4 heteroatoms. The number of ether oxygens (including phenoxy) is 1. The summed E-state index contributed by atoms with van der Waals surface area (Å²) < 4.78 is 32.4. The molecule has 0 fully saturated rings. The highest BCUT2D eigenvalue weighted by atomic mass is 19.1. The number of rotatable bonds is 3. The fourth-order valence-electron chi connectivity index (χ4n) is 1.89. The normalized spacial score (nSPS) is 12.3. The summed E-state index contributed by atoms with van der Waals surface area (Å²) in [5.41, 5.74) is 7.09. The molecule has 2 rings (SSSR count). The van der Waals surface area contributed by atoms with Crippen LogP contribution in [0.3, 0.4) is 0 Å². The lowest BCUT2D eigenvalue weighted by Gasteiger charge is -2.15. The molecule has 2 nitrogen and oxygen atoms in total. The predicted molar refractivity (Wildman–Crippen MR) is 70.1 cm³/mol. The number of aryl methyl sites for hydroxylation is 1. The van der Waals surface area contributed by atoms with Crippen LogP contribution in [0.15, 0.2) is 36.4 Å². The number of hydrogen-bond acceptors (Lipinski definition) is 2. The lowest BCUT2D eigenvalue weighted by molar-refractivity contribution is 0.414. The standard InChI is InChI=1S/C15H15F2NO/c1-9-7-14(17)12(8-13(9)16)15(18)10-3-5-11(19-2)6-4-10/h3-8,15H,18H2,1-2H3. The number of hydrogen-bond donors (Lipinski definition) is 1. The van der Waals surface area contributed by atoms with Crippen molar-refractivity contribution >= 4 is 0 Å². The van der Waals surface area contributed by atoms with Crippen LogP contribution in [0.4, 0.5) is 8.78 Å². The van der Waals surface area contributed by atoms with E-state index in [9.17, 15) is 8.78 Å². The van der Waals surface area contributed by atoms with Crippen LogP contribution in [-0.4, -0.2) is 7.11 Å². The second-order valence-electron chi connectivity index (χ2n) is 4.37. The molecule has 1 unspecified atom stereocenters. The summed E-state index contributed by atoms with van der Waals surface area (Å²) in [5.74, 6) is -0.269. The van der Waals surface area contributed by atoms with Crippen LogP contribution in [0.25, 0.3) is 0 Å². The number of methoxy groups -OCH3 is 1. The van der Waals surface area contributed by atoms with Gasteiger partial charge in [-0.05, 0) is 42.3 Å². The Bertz CT molecular complexity index is 581. The molecule has 2 aromatic carbocycles. The summed E-state index contributed by atoms with van der Waals surface area (Å²) in [6.07, 6.45) is 0. The van der Waals surface area contributed by atoms with Crippen molar-refractivity contribution in [3.8, 4) is 5.75 Å². The van der Waals surface area contributed by atoms with E-state index in [2.05, 4.69) is 0 Å². The van der Waals surface area contributed by atoms with Gasteiger partial charge in [-0.3, -0.25) is 0 Å². The van der Waals surface area contributed by atoms with Crippen molar-refractivity contribution in [1.29, 1.82) is 0 Å². The fraction of sp³-hybridized carbons (Fsp3) is 0.200. The molecule has 0 aliphatic carbocycles. The molecular formula is C15H15F2NO. The Labute approximate surface area is 110 Å². The first kappa shape index (κ1) is 13.5. The molecule has 0 aliphatic rings. The third-order valence-electron chi connectivity index (χ3n) is 3.09. The smallest absolute Gasteiger partial charge is 0.128 e. The van der Waals surface area contributed by atoms with Crippen LogP contribution in [0, 0.1) is 18.6 Å². The summed E-state index contributed by atoms with van der Waals surface area (Å²) in [6.45, 7) is 1.51. The lowest BCUT2D eigenvalue weighted by atomic mass is 9.98. The molecular weight excluding hydrogens is 248 g/mol. The van der Waals surface area contributed by atoms with Crippen molar-refractivity contribution in [3.05, 3.63) is 64.7 Å². The molecule has 0 saturated heterocycles. The highest BCUT2D eigenvalue weighted by Crippen LogP contribution is 2.25. The minimum absolute atomic E-state index is 0.147. The Morgan fingerprint density at radius 2 is 1.68 bits per heavy atom. The molecule has 0 saturated carbocycles. The molecule has 100 valence electrons. The Kier molecular flexibility index (Phi) is 3.81. The van der Waals surface area contributed by atoms with E-state index >= 15 is 0 Å². The van der Waals surface area contributed by atoms with E-state index in [0.717, 1.165) is 12.1 Å². The van der Waals surface area contributed by atoms with Gasteiger partial charge < -0.3 is 10.5 Å². The number of halogens is 2. The van der Waals surface area contributed by atoms with E-state index in [1.807, 2.05) is 0 Å². The third-order valence-corrected chi connectivity index (χ3v) is 3.09. The summed E-state index contributed by atoms with van der Waals surface area (Å²) >= 11 is 0. The zero-order chi connectivity index (χ0) is 14.0. The zero-order valence-corrected chi connectivity index (χ0v) is 10.8. The van der Waals surface area contributed by atoms with Crippen molar-refractivity contribution < 1.29 is 13.5 Å². The fourth-order valence-corrected chi connectivity index (χ4v) is 1.89. The minimum atomic E-state index is -0.707. The second kappa shape index (κ2) is 5.36. The topological polar surface area (TPSA) is 35.2 Å². The van der Waals surface area contributed by atoms with Gasteiger partial charge in [0.05, 0.1) is 13.2 Å². The van der Waals surface area contributed by atoms with E-state index in [0.29, 0.717) is 11.3 Å². The first-order valence-corrected chi connectivity index (χ1v) is 5.88. The Morgan fingerprint density at radius 3 is 2.26 bits per heavy atom. The van der Waals surface area contributed by atoms with E-state index in [1.165, 1.54) is 6.92 Å². The maximum Gasteiger partial charge on any atom is 0.128 e. The van der Waals surface area contributed by atoms with Gasteiger partial charge in [0.2, 0.25) is 0 Å². The molecule has 0 amide bonds. The van der Waals surface area contributed by atoms with Gasteiger partial charge >= 0.3 is 0 Å². The molecule has 0 aromatic heterocycles. The van der Waals surface area contributed by atoms with E-state index in [1.54, 1.807) is 31.4 Å². The second-order valence-corrected chi connectivity index (χ2v) is 4.37. The van der Waals surface area contributed by atoms with Gasteiger partial charge in [0.15, 0.2) is 0 Å². The average Bonchev–Trinajstić information content (AvgIpc) is 2.42. The molecule has 0 radical (unpaired) electrons. The third kappa shape index (κ3) is 2.74. The van der Waals surface area contributed by atoms with Gasteiger partial charge in [-0.1, -0.05) is 12.1 Å². The summed E-state index contributed by atoms with van der Waals surface area (Å²) in [7, 11) is 1.56. The maximum absolute atomic E-state index is 13.8. The van der Waals surface area contributed by atoms with Gasteiger partial charge in [0, 0.05) is 5.56 Å². The number of nitrogens with two attached hydrogens (primary N) is 1. The minimum Gasteiger partial charge on any atom is -0.497 e. The summed E-state index contributed by atoms with van der Waals surface area (Å²) in [5, 5.41) is 0. The Hall–Kier alpha value is -1.94. The van der Waals surface area contributed by atoms with E-state index in [-0.39, 0.29) is 11.1 Å². The van der Waals surface area contributed by atoms with Gasteiger partial charge in [0.1, 0.15) is 17.4 Å². The Balaban J connectivity index is 2.37. The van der Waals surface area contributed by atoms with Crippen molar-refractivity contribution in [1.82, 2.24) is 0 Å². The van der Waals surface area contributed by atoms with Gasteiger partial charge in [-0.25, -0.2) is 8.78 Å². The molecule has 0 aliphatic heterocycles. The highest BCUT2D eigenvalue weighted by molar-refractivity contribution is 5.37.